The van der Waals surface area contributed by atoms with Crippen LogP contribution in [0.25, 0.3) is 11.2 Å². The Labute approximate surface area is 219 Å². The Morgan fingerprint density at radius 1 is 1.24 bits per heavy atom. The van der Waals surface area contributed by atoms with E-state index in [4.69, 9.17) is 13.8 Å². The molecule has 2 aromatic heterocycles. The minimum absolute atomic E-state index is 0.249. The number of carbonyl (C=O) groups excluding carboxylic acids is 1. The lowest BCUT2D eigenvalue weighted by atomic mass is 9.66. The molecule has 11 nitrogen and oxygen atoms in total. The van der Waals surface area contributed by atoms with Crippen molar-refractivity contribution < 1.29 is 32.6 Å². The summed E-state index contributed by atoms with van der Waals surface area (Å²) < 4.78 is 46.2. The molecule has 0 aliphatic heterocycles. The van der Waals surface area contributed by atoms with Gasteiger partial charge in [0, 0.05) is 18.4 Å². The third kappa shape index (κ3) is 5.78. The van der Waals surface area contributed by atoms with E-state index in [-0.39, 0.29) is 25.1 Å². The molecular formula is C25H31FN5O6P. The van der Waals surface area contributed by atoms with E-state index in [1.165, 1.54) is 19.6 Å². The van der Waals surface area contributed by atoms with Crippen LogP contribution in [0.4, 0.5) is 4.39 Å². The van der Waals surface area contributed by atoms with E-state index >= 15 is 0 Å². The van der Waals surface area contributed by atoms with Gasteiger partial charge in [0.1, 0.15) is 23.6 Å². The number of halogens is 1. The molecule has 38 heavy (non-hydrogen) atoms. The van der Waals surface area contributed by atoms with Crippen LogP contribution in [0, 0.1) is 18.8 Å². The first kappa shape index (κ1) is 27.8. The van der Waals surface area contributed by atoms with Crippen LogP contribution in [0.3, 0.4) is 0 Å². The molecule has 0 spiro atoms. The first-order chi connectivity index (χ1) is 18.2. The van der Waals surface area contributed by atoms with Crippen molar-refractivity contribution in [2.45, 2.75) is 45.9 Å². The first-order valence-electron chi connectivity index (χ1n) is 12.2. The van der Waals surface area contributed by atoms with E-state index in [9.17, 15) is 18.9 Å². The molecule has 0 amide bonds. The van der Waals surface area contributed by atoms with Crippen molar-refractivity contribution in [3.05, 3.63) is 60.6 Å². The first-order valence-corrected chi connectivity index (χ1v) is 13.7. The van der Waals surface area contributed by atoms with Crippen molar-refractivity contribution in [2.24, 2.45) is 11.8 Å². The van der Waals surface area contributed by atoms with Crippen LogP contribution in [0.15, 0.2) is 54.9 Å². The normalized spacial score (nSPS) is 22.7. The van der Waals surface area contributed by atoms with E-state index < -0.39 is 37.6 Å². The maximum Gasteiger partial charge on any atom is 0.459 e. The zero-order valence-corrected chi connectivity index (χ0v) is 22.4. The molecule has 2 heterocycles. The standard InChI is InChI=1S/C25H31FN5O6P/c1-15(2)36-25(33)17(4)30-38(34,37-18-8-6-5-7-9-18)35-12-21-19(10-26)23(20(21)11-32)31-14-29-22-16(3)27-13-28-24(22)31/h5-10,13-15,17,20-21,23,32H,11-12H2,1-4H3,(H,30,34)/b19-10-/t17?,20-,21+,23-,38?/m0/s1. The summed E-state index contributed by atoms with van der Waals surface area (Å²) in [5.74, 6) is -1.49. The number of ether oxygens (including phenoxy) is 1. The number of aliphatic hydroxyl groups is 1. The van der Waals surface area contributed by atoms with Gasteiger partial charge < -0.3 is 18.9 Å². The molecule has 1 aromatic carbocycles. The van der Waals surface area contributed by atoms with Crippen LogP contribution in [0.1, 0.15) is 32.5 Å². The van der Waals surface area contributed by atoms with E-state index in [2.05, 4.69) is 20.0 Å². The molecule has 0 bridgehead atoms. The lowest BCUT2D eigenvalue weighted by Crippen LogP contribution is -2.46. The number of hydrogen-bond donors (Lipinski definition) is 2. The van der Waals surface area contributed by atoms with E-state index in [1.807, 2.05) is 0 Å². The molecule has 1 fully saturated rings. The monoisotopic (exact) mass is 547 g/mol. The largest absolute Gasteiger partial charge is 0.462 e. The topological polar surface area (TPSA) is 138 Å². The van der Waals surface area contributed by atoms with Crippen molar-refractivity contribution in [1.82, 2.24) is 24.6 Å². The predicted molar refractivity (Wildman–Crippen MR) is 137 cm³/mol. The second-order valence-electron chi connectivity index (χ2n) is 9.32. The summed E-state index contributed by atoms with van der Waals surface area (Å²) in [6.07, 6.45) is 3.03. The number of para-hydroxylation sites is 1. The molecule has 13 heteroatoms. The Balaban J connectivity index is 1.54. The molecule has 0 saturated heterocycles. The Kier molecular flexibility index (Phi) is 8.57. The van der Waals surface area contributed by atoms with Crippen LogP contribution in [0.2, 0.25) is 0 Å². The summed E-state index contributed by atoms with van der Waals surface area (Å²) in [5, 5.41) is 12.8. The third-order valence-electron chi connectivity index (χ3n) is 6.32. The van der Waals surface area contributed by atoms with Gasteiger partial charge in [-0.2, -0.15) is 5.09 Å². The van der Waals surface area contributed by atoms with Gasteiger partial charge >= 0.3 is 13.7 Å². The molecular weight excluding hydrogens is 516 g/mol. The van der Waals surface area contributed by atoms with Gasteiger partial charge in [-0.05, 0) is 45.4 Å². The lowest BCUT2D eigenvalue weighted by Gasteiger charge is -2.46. The van der Waals surface area contributed by atoms with Gasteiger partial charge in [-0.3, -0.25) is 9.32 Å². The molecule has 5 atom stereocenters. The fourth-order valence-corrected chi connectivity index (χ4v) is 5.98. The maximum atomic E-state index is 14.2. The second kappa shape index (κ2) is 11.7. The SMILES string of the molecule is Cc1ncnc2c1ncn2[C@H]1/C(=C\F)[C@@H](COP(=O)(NC(C)C(=O)OC(C)C)Oc2ccccc2)[C@@H]1CO. The fraction of sp³-hybridized carbons (Fsp3) is 0.440. The van der Waals surface area contributed by atoms with Crippen molar-refractivity contribution in [3.8, 4) is 5.75 Å². The smallest absolute Gasteiger partial charge is 0.459 e. The number of benzene rings is 1. The number of aliphatic hydroxyl groups excluding tert-OH is 1. The summed E-state index contributed by atoms with van der Waals surface area (Å²) in [7, 11) is -4.15. The van der Waals surface area contributed by atoms with Gasteiger partial charge in [-0.15, -0.1) is 0 Å². The van der Waals surface area contributed by atoms with E-state index in [1.54, 1.807) is 55.7 Å². The number of rotatable bonds is 11. The van der Waals surface area contributed by atoms with Gasteiger partial charge in [0.25, 0.3) is 0 Å². The summed E-state index contributed by atoms with van der Waals surface area (Å²) in [6.45, 7) is 6.13. The van der Waals surface area contributed by atoms with Gasteiger partial charge in [0.2, 0.25) is 0 Å². The number of esters is 1. The Morgan fingerprint density at radius 3 is 2.63 bits per heavy atom. The highest BCUT2D eigenvalue weighted by Crippen LogP contribution is 2.53. The van der Waals surface area contributed by atoms with Gasteiger partial charge in [-0.1, -0.05) is 18.2 Å². The molecule has 1 aliphatic rings. The molecule has 3 aromatic rings. The van der Waals surface area contributed by atoms with E-state index in [0.29, 0.717) is 28.8 Å². The van der Waals surface area contributed by atoms with Crippen LogP contribution in [-0.4, -0.2) is 56.0 Å². The average molecular weight is 548 g/mol. The third-order valence-corrected chi connectivity index (χ3v) is 7.96. The summed E-state index contributed by atoms with van der Waals surface area (Å²) in [4.78, 5) is 25.1. The number of hydrogen-bond acceptors (Lipinski definition) is 9. The molecule has 1 saturated carbocycles. The number of aryl methyl sites for hydroxylation is 1. The van der Waals surface area contributed by atoms with Crippen LogP contribution < -0.4 is 9.61 Å². The zero-order chi connectivity index (χ0) is 27.4. The summed E-state index contributed by atoms with van der Waals surface area (Å²) >= 11 is 0. The minimum Gasteiger partial charge on any atom is -0.462 e. The van der Waals surface area contributed by atoms with Crippen molar-refractivity contribution in [1.29, 1.82) is 0 Å². The molecule has 1 aliphatic carbocycles. The molecule has 0 radical (unpaired) electrons. The average Bonchev–Trinajstić information content (AvgIpc) is 3.28. The van der Waals surface area contributed by atoms with Crippen LogP contribution >= 0.6 is 7.75 Å². The highest BCUT2D eigenvalue weighted by molar-refractivity contribution is 7.52. The van der Waals surface area contributed by atoms with Crippen molar-refractivity contribution >= 4 is 24.9 Å². The van der Waals surface area contributed by atoms with E-state index in [0.717, 1.165) is 0 Å². The molecule has 2 unspecified atom stereocenters. The Morgan fingerprint density at radius 2 is 1.97 bits per heavy atom. The van der Waals surface area contributed by atoms with Gasteiger partial charge in [0.05, 0.1) is 37.1 Å². The predicted octanol–water partition coefficient (Wildman–Crippen LogP) is 3.90. The number of nitrogens with one attached hydrogen (secondary N) is 1. The molecule has 204 valence electrons. The number of fused-ring (bicyclic) bond motifs is 1. The number of imidazole rings is 1. The number of aromatic nitrogens is 4. The summed E-state index contributed by atoms with van der Waals surface area (Å²) in [6, 6.07) is 6.74. The van der Waals surface area contributed by atoms with Gasteiger partial charge in [-0.25, -0.2) is 23.9 Å². The summed E-state index contributed by atoms with van der Waals surface area (Å²) in [5.41, 5.74) is 2.08. The van der Waals surface area contributed by atoms with Gasteiger partial charge in [0.15, 0.2) is 5.65 Å². The van der Waals surface area contributed by atoms with Crippen LogP contribution in [0.5, 0.6) is 5.75 Å². The highest BCUT2D eigenvalue weighted by Gasteiger charge is 2.49. The highest BCUT2D eigenvalue weighted by atomic mass is 31.2. The van der Waals surface area contributed by atoms with Crippen molar-refractivity contribution in [2.75, 3.05) is 13.2 Å². The number of carbonyl (C=O) groups is 1. The fourth-order valence-electron chi connectivity index (χ4n) is 4.46. The second-order valence-corrected chi connectivity index (χ2v) is 11.0. The molecule has 4 rings (SSSR count). The Hall–Kier alpha value is -3.18. The van der Waals surface area contributed by atoms with Crippen molar-refractivity contribution in [3.63, 3.8) is 0 Å². The zero-order valence-electron chi connectivity index (χ0n) is 21.5. The lowest BCUT2D eigenvalue weighted by molar-refractivity contribution is -0.149. The Bertz CT molecular complexity index is 1350. The molecule has 2 N–H and O–H groups in total. The quantitative estimate of drug-likeness (QED) is 0.269. The minimum atomic E-state index is -4.15. The van der Waals surface area contributed by atoms with Crippen LogP contribution in [-0.2, 0) is 18.6 Å². The maximum absolute atomic E-state index is 14.2. The number of nitrogens with zero attached hydrogens (tertiary/aromatic N) is 4.